The van der Waals surface area contributed by atoms with E-state index in [4.69, 9.17) is 0 Å². The van der Waals surface area contributed by atoms with Crippen molar-refractivity contribution in [2.75, 3.05) is 19.1 Å². The first-order valence-electron chi connectivity index (χ1n) is 4.55. The van der Waals surface area contributed by atoms with Crippen LogP contribution in [-0.4, -0.2) is 30.0 Å². The van der Waals surface area contributed by atoms with Gasteiger partial charge in [-0.15, -0.1) is 11.3 Å². The molecule has 1 nitrogen and oxygen atoms in total. The van der Waals surface area contributed by atoms with E-state index in [1.165, 1.54) is 15.1 Å². The highest BCUT2D eigenvalue weighted by Crippen LogP contribution is 2.21. The molecule has 0 spiro atoms. The molecule has 0 aliphatic heterocycles. The molecule has 14 heavy (non-hydrogen) atoms. The maximum absolute atomic E-state index is 3.48. The summed E-state index contributed by atoms with van der Waals surface area (Å²) in [5.41, 5.74) is 0. The number of halogens is 1. The number of nitrogens with zero attached hydrogens (tertiary/aromatic N) is 1. The standard InChI is InChI=1S/C10H16BrNS2/c1-8(6-13-3)12(2)5-10-4-9(11)7-14-10/h4,7-8H,5-6H2,1-3H3. The minimum Gasteiger partial charge on any atom is -0.298 e. The minimum atomic E-state index is 0.644. The topological polar surface area (TPSA) is 3.24 Å². The number of hydrogen-bond donors (Lipinski definition) is 0. The van der Waals surface area contributed by atoms with Crippen LogP contribution >= 0.6 is 39.0 Å². The van der Waals surface area contributed by atoms with Gasteiger partial charge in [0.15, 0.2) is 0 Å². The van der Waals surface area contributed by atoms with Crippen molar-refractivity contribution in [2.45, 2.75) is 19.5 Å². The molecule has 0 aromatic carbocycles. The molecule has 1 aromatic heterocycles. The Bertz CT molecular complexity index is 275. The Morgan fingerprint density at radius 2 is 2.36 bits per heavy atom. The summed E-state index contributed by atoms with van der Waals surface area (Å²) in [6.45, 7) is 3.33. The third kappa shape index (κ3) is 3.93. The molecule has 0 aliphatic carbocycles. The minimum absolute atomic E-state index is 0.644. The van der Waals surface area contributed by atoms with Gasteiger partial charge in [-0.2, -0.15) is 11.8 Å². The van der Waals surface area contributed by atoms with Gasteiger partial charge in [0, 0.05) is 33.1 Å². The Balaban J connectivity index is 2.43. The normalized spacial score (nSPS) is 13.5. The van der Waals surface area contributed by atoms with E-state index in [-0.39, 0.29) is 0 Å². The fourth-order valence-corrected chi connectivity index (χ4v) is 3.46. The molecule has 0 radical (unpaired) electrons. The fourth-order valence-electron chi connectivity index (χ4n) is 1.21. The van der Waals surface area contributed by atoms with Crippen LogP contribution in [0, 0.1) is 0 Å². The van der Waals surface area contributed by atoms with E-state index in [1.54, 1.807) is 0 Å². The van der Waals surface area contributed by atoms with Crippen molar-refractivity contribution >= 4 is 39.0 Å². The van der Waals surface area contributed by atoms with Crippen LogP contribution in [0.25, 0.3) is 0 Å². The summed E-state index contributed by atoms with van der Waals surface area (Å²) < 4.78 is 1.20. The van der Waals surface area contributed by atoms with Crippen molar-refractivity contribution in [2.24, 2.45) is 0 Å². The fraction of sp³-hybridized carbons (Fsp3) is 0.600. The number of hydrogen-bond acceptors (Lipinski definition) is 3. The van der Waals surface area contributed by atoms with Crippen LogP contribution in [0.4, 0.5) is 0 Å². The molecule has 0 bridgehead atoms. The van der Waals surface area contributed by atoms with Crippen LogP contribution < -0.4 is 0 Å². The van der Waals surface area contributed by atoms with E-state index >= 15 is 0 Å². The first kappa shape index (κ1) is 12.6. The van der Waals surface area contributed by atoms with Crippen molar-refractivity contribution in [3.63, 3.8) is 0 Å². The largest absolute Gasteiger partial charge is 0.298 e. The molecule has 1 unspecified atom stereocenters. The molecule has 80 valence electrons. The summed E-state index contributed by atoms with van der Waals surface area (Å²) in [4.78, 5) is 3.82. The van der Waals surface area contributed by atoms with Gasteiger partial charge in [0.05, 0.1) is 0 Å². The second kappa shape index (κ2) is 6.16. The highest BCUT2D eigenvalue weighted by atomic mass is 79.9. The predicted molar refractivity (Wildman–Crippen MR) is 71.3 cm³/mol. The summed E-state index contributed by atoms with van der Waals surface area (Å²) in [6, 6.07) is 2.85. The van der Waals surface area contributed by atoms with Crippen molar-refractivity contribution in [1.29, 1.82) is 0 Å². The molecule has 1 aromatic rings. The third-order valence-electron chi connectivity index (χ3n) is 2.19. The van der Waals surface area contributed by atoms with Gasteiger partial charge in [0.2, 0.25) is 0 Å². The molecular weight excluding hydrogens is 278 g/mol. The predicted octanol–water partition coefficient (Wildman–Crippen LogP) is 3.69. The van der Waals surface area contributed by atoms with Gasteiger partial charge >= 0.3 is 0 Å². The summed E-state index contributed by atoms with van der Waals surface area (Å²) in [5, 5.41) is 2.14. The lowest BCUT2D eigenvalue weighted by atomic mass is 10.3. The van der Waals surface area contributed by atoms with Gasteiger partial charge in [-0.1, -0.05) is 0 Å². The molecule has 0 saturated carbocycles. The van der Waals surface area contributed by atoms with Gasteiger partial charge in [0.1, 0.15) is 0 Å². The van der Waals surface area contributed by atoms with Crippen LogP contribution in [0.1, 0.15) is 11.8 Å². The first-order valence-corrected chi connectivity index (χ1v) is 7.62. The lowest BCUT2D eigenvalue weighted by molar-refractivity contribution is 0.272. The van der Waals surface area contributed by atoms with Crippen LogP contribution in [-0.2, 0) is 6.54 Å². The van der Waals surface area contributed by atoms with Crippen molar-refractivity contribution in [1.82, 2.24) is 4.90 Å². The average Bonchev–Trinajstić information content (AvgIpc) is 2.51. The maximum atomic E-state index is 3.48. The highest BCUT2D eigenvalue weighted by molar-refractivity contribution is 9.10. The van der Waals surface area contributed by atoms with Crippen LogP contribution in [0.3, 0.4) is 0 Å². The zero-order valence-corrected chi connectivity index (χ0v) is 12.0. The number of thioether (sulfide) groups is 1. The molecule has 4 heteroatoms. The van der Waals surface area contributed by atoms with E-state index < -0.39 is 0 Å². The Hall–Kier alpha value is 0.490. The van der Waals surface area contributed by atoms with Crippen molar-refractivity contribution in [3.05, 3.63) is 20.8 Å². The zero-order valence-electron chi connectivity index (χ0n) is 8.79. The SMILES string of the molecule is CSCC(C)N(C)Cc1cc(Br)cs1. The highest BCUT2D eigenvalue weighted by Gasteiger charge is 2.09. The summed E-state index contributed by atoms with van der Waals surface area (Å²) in [6.07, 6.45) is 2.16. The molecular formula is C10H16BrNS2. The Morgan fingerprint density at radius 1 is 1.64 bits per heavy atom. The Labute approximate surface area is 103 Å². The molecule has 0 saturated heterocycles. The monoisotopic (exact) mass is 293 g/mol. The molecule has 1 atom stereocenters. The Kier molecular flexibility index (Phi) is 5.52. The summed E-state index contributed by atoms with van der Waals surface area (Å²) >= 11 is 7.20. The smallest absolute Gasteiger partial charge is 0.0328 e. The van der Waals surface area contributed by atoms with Gasteiger partial charge in [-0.25, -0.2) is 0 Å². The van der Waals surface area contributed by atoms with Crippen LogP contribution in [0.2, 0.25) is 0 Å². The van der Waals surface area contributed by atoms with E-state index in [0.717, 1.165) is 6.54 Å². The molecule has 1 rings (SSSR count). The van der Waals surface area contributed by atoms with E-state index in [0.29, 0.717) is 6.04 Å². The maximum Gasteiger partial charge on any atom is 0.0328 e. The molecule has 0 N–H and O–H groups in total. The Morgan fingerprint density at radius 3 is 2.86 bits per heavy atom. The van der Waals surface area contributed by atoms with Crippen LogP contribution in [0.5, 0.6) is 0 Å². The average molecular weight is 294 g/mol. The van der Waals surface area contributed by atoms with E-state index in [1.807, 2.05) is 23.1 Å². The van der Waals surface area contributed by atoms with Crippen molar-refractivity contribution in [3.8, 4) is 0 Å². The van der Waals surface area contributed by atoms with E-state index in [2.05, 4.69) is 52.5 Å². The summed E-state index contributed by atoms with van der Waals surface area (Å²) in [5.74, 6) is 1.20. The van der Waals surface area contributed by atoms with Gasteiger partial charge in [-0.3, -0.25) is 4.90 Å². The second-order valence-corrected chi connectivity index (χ2v) is 6.27. The molecule has 1 heterocycles. The molecule has 0 amide bonds. The number of rotatable bonds is 5. The molecule has 0 aliphatic rings. The first-order chi connectivity index (χ1) is 6.63. The third-order valence-corrected chi connectivity index (χ3v) is 4.69. The number of thiophene rings is 1. The zero-order chi connectivity index (χ0) is 10.6. The second-order valence-electron chi connectivity index (χ2n) is 3.45. The van der Waals surface area contributed by atoms with Gasteiger partial charge in [-0.05, 0) is 42.2 Å². The summed E-state index contributed by atoms with van der Waals surface area (Å²) in [7, 11) is 2.19. The lowest BCUT2D eigenvalue weighted by Gasteiger charge is -2.23. The lowest BCUT2D eigenvalue weighted by Crippen LogP contribution is -2.30. The van der Waals surface area contributed by atoms with E-state index in [9.17, 15) is 0 Å². The van der Waals surface area contributed by atoms with Gasteiger partial charge < -0.3 is 0 Å². The van der Waals surface area contributed by atoms with Gasteiger partial charge in [0.25, 0.3) is 0 Å². The van der Waals surface area contributed by atoms with Crippen molar-refractivity contribution < 1.29 is 0 Å². The molecule has 0 fully saturated rings. The quantitative estimate of drug-likeness (QED) is 0.814. The van der Waals surface area contributed by atoms with Crippen LogP contribution in [0.15, 0.2) is 15.9 Å².